The van der Waals surface area contributed by atoms with Crippen molar-refractivity contribution < 1.29 is 18.7 Å². The van der Waals surface area contributed by atoms with E-state index in [0.717, 1.165) is 41.4 Å². The van der Waals surface area contributed by atoms with E-state index in [1.165, 1.54) is 17.0 Å². The summed E-state index contributed by atoms with van der Waals surface area (Å²) < 4.78 is 19.8. The van der Waals surface area contributed by atoms with Gasteiger partial charge in [-0.2, -0.15) is 0 Å². The number of amides is 2. The maximum atomic E-state index is 14.5. The number of anilines is 1. The van der Waals surface area contributed by atoms with Gasteiger partial charge in [-0.1, -0.05) is 54.6 Å². The minimum absolute atomic E-state index is 0.0311. The number of methoxy groups -OCH3 is 1. The van der Waals surface area contributed by atoms with E-state index in [1.807, 2.05) is 66.7 Å². The molecule has 0 aliphatic carbocycles. The van der Waals surface area contributed by atoms with Crippen molar-refractivity contribution in [2.75, 3.05) is 51.3 Å². The first-order chi connectivity index (χ1) is 20.5. The highest BCUT2D eigenvalue weighted by atomic mass is 19.1. The molecule has 1 fully saturated rings. The zero-order valence-electron chi connectivity index (χ0n) is 23.7. The van der Waals surface area contributed by atoms with E-state index in [0.29, 0.717) is 32.6 Å². The number of rotatable bonds is 9. The van der Waals surface area contributed by atoms with Crippen molar-refractivity contribution in [1.29, 1.82) is 0 Å². The third kappa shape index (κ3) is 7.09. The third-order valence-electron chi connectivity index (χ3n) is 7.42. The molecule has 1 aromatic heterocycles. The molecule has 42 heavy (non-hydrogen) atoms. The van der Waals surface area contributed by atoms with Crippen LogP contribution in [0.5, 0.6) is 5.75 Å². The summed E-state index contributed by atoms with van der Waals surface area (Å²) in [6, 6.07) is 27.2. The maximum absolute atomic E-state index is 14.5. The quantitative estimate of drug-likeness (QED) is 0.292. The summed E-state index contributed by atoms with van der Waals surface area (Å²) in [6.45, 7) is 2.55. The van der Waals surface area contributed by atoms with Gasteiger partial charge in [0, 0.05) is 38.3 Å². The number of hydrogen-bond acceptors (Lipinski definition) is 6. The molecular formula is C33H34FN5O3. The van der Waals surface area contributed by atoms with Gasteiger partial charge in [0.2, 0.25) is 5.91 Å². The summed E-state index contributed by atoms with van der Waals surface area (Å²) in [5, 5.41) is 8.88. The van der Waals surface area contributed by atoms with Gasteiger partial charge >= 0.3 is 0 Å². The van der Waals surface area contributed by atoms with Crippen LogP contribution in [0.15, 0.2) is 91.0 Å². The Labute approximate surface area is 245 Å². The van der Waals surface area contributed by atoms with Crippen molar-refractivity contribution in [2.45, 2.75) is 12.8 Å². The van der Waals surface area contributed by atoms with Crippen molar-refractivity contribution in [3.63, 3.8) is 0 Å². The lowest BCUT2D eigenvalue weighted by Crippen LogP contribution is -2.45. The molecule has 9 heteroatoms. The van der Waals surface area contributed by atoms with Crippen LogP contribution < -0.4 is 9.64 Å². The van der Waals surface area contributed by atoms with Gasteiger partial charge in [0.15, 0.2) is 5.82 Å². The van der Waals surface area contributed by atoms with Gasteiger partial charge in [0.25, 0.3) is 5.91 Å². The van der Waals surface area contributed by atoms with Crippen LogP contribution in [0, 0.1) is 5.82 Å². The van der Waals surface area contributed by atoms with E-state index >= 15 is 0 Å². The predicted molar refractivity (Wildman–Crippen MR) is 160 cm³/mol. The predicted octanol–water partition coefficient (Wildman–Crippen LogP) is 4.72. The lowest BCUT2D eigenvalue weighted by Gasteiger charge is -2.27. The van der Waals surface area contributed by atoms with Gasteiger partial charge in [0.05, 0.1) is 18.4 Å². The first kappa shape index (κ1) is 28.7. The van der Waals surface area contributed by atoms with Gasteiger partial charge in [0.1, 0.15) is 18.1 Å². The van der Waals surface area contributed by atoms with Crippen molar-refractivity contribution in [2.24, 2.45) is 0 Å². The summed E-state index contributed by atoms with van der Waals surface area (Å²) >= 11 is 0. The Morgan fingerprint density at radius 1 is 0.881 bits per heavy atom. The van der Waals surface area contributed by atoms with Crippen molar-refractivity contribution in [3.8, 4) is 17.0 Å². The topological polar surface area (TPSA) is 78.9 Å². The highest BCUT2D eigenvalue weighted by molar-refractivity contribution is 5.96. The summed E-state index contributed by atoms with van der Waals surface area (Å²) in [4.78, 5) is 32.2. The first-order valence-corrected chi connectivity index (χ1v) is 14.1. The number of benzene rings is 3. The van der Waals surface area contributed by atoms with E-state index in [-0.39, 0.29) is 18.0 Å². The monoisotopic (exact) mass is 567 g/mol. The molecule has 1 aliphatic rings. The average molecular weight is 568 g/mol. The third-order valence-corrected chi connectivity index (χ3v) is 7.42. The fourth-order valence-corrected chi connectivity index (χ4v) is 5.06. The molecule has 0 bridgehead atoms. The summed E-state index contributed by atoms with van der Waals surface area (Å²) in [7, 11) is 1.63. The van der Waals surface area contributed by atoms with Crippen LogP contribution in [-0.2, 0) is 11.2 Å². The van der Waals surface area contributed by atoms with Crippen LogP contribution >= 0.6 is 0 Å². The van der Waals surface area contributed by atoms with Gasteiger partial charge in [-0.05, 0) is 54.8 Å². The van der Waals surface area contributed by atoms with Gasteiger partial charge in [-0.25, -0.2) is 4.39 Å². The van der Waals surface area contributed by atoms with E-state index in [1.54, 1.807) is 24.1 Å². The molecular weight excluding hydrogens is 533 g/mol. The summed E-state index contributed by atoms with van der Waals surface area (Å²) in [5.74, 6) is 0.262. The molecule has 4 aromatic rings. The highest BCUT2D eigenvalue weighted by Crippen LogP contribution is 2.23. The second-order valence-corrected chi connectivity index (χ2v) is 10.2. The largest absolute Gasteiger partial charge is 0.497 e. The van der Waals surface area contributed by atoms with E-state index in [4.69, 9.17) is 4.74 Å². The molecule has 2 heterocycles. The van der Waals surface area contributed by atoms with E-state index in [9.17, 15) is 14.0 Å². The molecule has 0 spiro atoms. The number of aromatic nitrogens is 2. The molecule has 0 atom stereocenters. The molecule has 216 valence electrons. The fourth-order valence-electron chi connectivity index (χ4n) is 5.06. The summed E-state index contributed by atoms with van der Waals surface area (Å²) in [6.07, 6.45) is 1.31. The molecule has 2 amide bonds. The molecule has 8 nitrogen and oxygen atoms in total. The SMILES string of the molecule is COc1cccc(-c2ccc(N3CCCN(C(=O)CN(CCc4ccccc4)C(=O)c4ccccc4F)CC3)nn2)c1. The van der Waals surface area contributed by atoms with Crippen molar-refractivity contribution >= 4 is 17.6 Å². The first-order valence-electron chi connectivity index (χ1n) is 14.1. The number of hydrogen-bond donors (Lipinski definition) is 0. The maximum Gasteiger partial charge on any atom is 0.257 e. The minimum Gasteiger partial charge on any atom is -0.497 e. The Hall–Kier alpha value is -4.79. The lowest BCUT2D eigenvalue weighted by molar-refractivity contribution is -0.131. The normalized spacial score (nSPS) is 13.4. The zero-order valence-corrected chi connectivity index (χ0v) is 23.7. The Kier molecular flexibility index (Phi) is 9.38. The fraction of sp³-hybridized carbons (Fsp3) is 0.273. The van der Waals surface area contributed by atoms with E-state index in [2.05, 4.69) is 15.1 Å². The molecule has 0 saturated carbocycles. The van der Waals surface area contributed by atoms with Crippen LogP contribution in [0.1, 0.15) is 22.3 Å². The van der Waals surface area contributed by atoms with Crippen LogP contribution in [0.3, 0.4) is 0 Å². The van der Waals surface area contributed by atoms with Crippen LogP contribution in [0.25, 0.3) is 11.3 Å². The van der Waals surface area contributed by atoms with Crippen LogP contribution in [-0.4, -0.2) is 78.2 Å². The number of carbonyl (C=O) groups excluding carboxylic acids is 2. The molecule has 1 aliphatic heterocycles. The van der Waals surface area contributed by atoms with E-state index < -0.39 is 11.7 Å². The van der Waals surface area contributed by atoms with Crippen LogP contribution in [0.2, 0.25) is 0 Å². The lowest BCUT2D eigenvalue weighted by atomic mass is 10.1. The second kappa shape index (κ2) is 13.7. The number of nitrogens with zero attached hydrogens (tertiary/aromatic N) is 5. The standard InChI is InChI=1S/C33H34FN5O3/c1-42-27-12-7-11-26(23-27)30-15-16-31(36-35-30)37-18-8-19-38(22-21-37)32(40)24-39(20-17-25-9-3-2-4-10-25)33(41)28-13-5-6-14-29(28)34/h2-7,9-16,23H,8,17-22,24H2,1H3. The molecule has 3 aromatic carbocycles. The summed E-state index contributed by atoms with van der Waals surface area (Å²) in [5.41, 5.74) is 2.68. The second-order valence-electron chi connectivity index (χ2n) is 10.2. The number of ether oxygens (including phenoxy) is 1. The molecule has 0 unspecified atom stereocenters. The average Bonchev–Trinajstić information content (AvgIpc) is 3.30. The van der Waals surface area contributed by atoms with Gasteiger partial charge in [-0.3, -0.25) is 9.59 Å². The Morgan fingerprint density at radius 3 is 2.45 bits per heavy atom. The van der Waals surface area contributed by atoms with Gasteiger partial charge in [-0.15, -0.1) is 10.2 Å². The Morgan fingerprint density at radius 2 is 1.69 bits per heavy atom. The minimum atomic E-state index is -0.594. The smallest absolute Gasteiger partial charge is 0.257 e. The molecule has 0 N–H and O–H groups in total. The molecule has 1 saturated heterocycles. The number of carbonyl (C=O) groups is 2. The molecule has 0 radical (unpaired) electrons. The zero-order chi connectivity index (χ0) is 29.3. The van der Waals surface area contributed by atoms with Crippen molar-refractivity contribution in [3.05, 3.63) is 108 Å². The van der Waals surface area contributed by atoms with Gasteiger partial charge < -0.3 is 19.4 Å². The Balaban J connectivity index is 1.23. The number of halogens is 1. The van der Waals surface area contributed by atoms with Crippen molar-refractivity contribution in [1.82, 2.24) is 20.0 Å². The highest BCUT2D eigenvalue weighted by Gasteiger charge is 2.26. The molecule has 5 rings (SSSR count). The van der Waals surface area contributed by atoms with Crippen LogP contribution in [0.4, 0.5) is 10.2 Å². The Bertz CT molecular complexity index is 1500.